The molecule has 0 radical (unpaired) electrons. The van der Waals surface area contributed by atoms with E-state index in [4.69, 9.17) is 6.42 Å². The fourth-order valence-corrected chi connectivity index (χ4v) is 1.83. The standard InChI is InChI=1S/C16H14/c1-3-14-9-6-7-11-16(14)12-15-10-5-4-8-13(15)2/h1,4-11H,12H2,2H3. The number of hydrogen-bond acceptors (Lipinski definition) is 0. The molecular formula is C16H14. The van der Waals surface area contributed by atoms with Crippen LogP contribution in [0.5, 0.6) is 0 Å². The molecule has 2 rings (SSSR count). The summed E-state index contributed by atoms with van der Waals surface area (Å²) in [6.07, 6.45) is 6.40. The van der Waals surface area contributed by atoms with E-state index in [1.54, 1.807) is 0 Å². The average Bonchev–Trinajstić information content (AvgIpc) is 2.33. The highest BCUT2D eigenvalue weighted by Crippen LogP contribution is 2.16. The molecule has 0 heteroatoms. The van der Waals surface area contributed by atoms with Gasteiger partial charge >= 0.3 is 0 Å². The summed E-state index contributed by atoms with van der Waals surface area (Å²) < 4.78 is 0. The monoisotopic (exact) mass is 206 g/mol. The topological polar surface area (TPSA) is 0 Å². The second kappa shape index (κ2) is 4.68. The predicted molar refractivity (Wildman–Crippen MR) is 68.4 cm³/mol. The Labute approximate surface area is 96.9 Å². The van der Waals surface area contributed by atoms with E-state index >= 15 is 0 Å². The molecule has 0 saturated carbocycles. The van der Waals surface area contributed by atoms with Gasteiger partial charge in [0.2, 0.25) is 0 Å². The lowest BCUT2D eigenvalue weighted by Crippen LogP contribution is -1.94. The minimum Gasteiger partial charge on any atom is -0.115 e. The Balaban J connectivity index is 2.35. The minimum atomic E-state index is 0.910. The highest BCUT2D eigenvalue weighted by molar-refractivity contribution is 5.43. The van der Waals surface area contributed by atoms with Crippen molar-refractivity contribution in [3.8, 4) is 12.3 Å². The molecule has 0 aliphatic heterocycles. The molecule has 78 valence electrons. The van der Waals surface area contributed by atoms with Crippen molar-refractivity contribution in [2.45, 2.75) is 13.3 Å². The normalized spacial score (nSPS) is 9.75. The van der Waals surface area contributed by atoms with Gasteiger partial charge in [0, 0.05) is 5.56 Å². The van der Waals surface area contributed by atoms with Crippen LogP contribution in [0, 0.1) is 19.3 Å². The molecule has 16 heavy (non-hydrogen) atoms. The molecule has 0 nitrogen and oxygen atoms in total. The van der Waals surface area contributed by atoms with E-state index in [9.17, 15) is 0 Å². The number of rotatable bonds is 2. The lowest BCUT2D eigenvalue weighted by molar-refractivity contribution is 1.15. The van der Waals surface area contributed by atoms with E-state index in [0.29, 0.717) is 0 Å². The van der Waals surface area contributed by atoms with Crippen LogP contribution >= 0.6 is 0 Å². The fourth-order valence-electron chi connectivity index (χ4n) is 1.83. The summed E-state index contributed by atoms with van der Waals surface area (Å²) in [6, 6.07) is 16.5. The Morgan fingerprint density at radius 2 is 1.56 bits per heavy atom. The largest absolute Gasteiger partial charge is 0.115 e. The molecular weight excluding hydrogens is 192 g/mol. The predicted octanol–water partition coefficient (Wildman–Crippen LogP) is 3.57. The Hall–Kier alpha value is -2.00. The number of aryl methyl sites for hydroxylation is 1. The van der Waals surface area contributed by atoms with E-state index in [-0.39, 0.29) is 0 Å². The zero-order valence-electron chi connectivity index (χ0n) is 9.40. The smallest absolute Gasteiger partial charge is 0.0277 e. The molecule has 0 unspecified atom stereocenters. The maximum atomic E-state index is 5.49. The van der Waals surface area contributed by atoms with Crippen LogP contribution in [0.3, 0.4) is 0 Å². The summed E-state index contributed by atoms with van der Waals surface area (Å²) in [5.41, 5.74) is 4.87. The summed E-state index contributed by atoms with van der Waals surface area (Å²) in [6.45, 7) is 2.13. The van der Waals surface area contributed by atoms with Gasteiger partial charge in [0.05, 0.1) is 0 Å². The van der Waals surface area contributed by atoms with Crippen molar-refractivity contribution < 1.29 is 0 Å². The molecule has 0 N–H and O–H groups in total. The third-order valence-electron chi connectivity index (χ3n) is 2.82. The summed E-state index contributed by atoms with van der Waals surface area (Å²) in [4.78, 5) is 0. The third-order valence-corrected chi connectivity index (χ3v) is 2.82. The fraction of sp³-hybridized carbons (Fsp3) is 0.125. The van der Waals surface area contributed by atoms with Crippen LogP contribution in [-0.2, 0) is 6.42 Å². The second-order valence-electron chi connectivity index (χ2n) is 3.90. The zero-order valence-corrected chi connectivity index (χ0v) is 9.40. The molecule has 0 fully saturated rings. The van der Waals surface area contributed by atoms with Gasteiger partial charge in [-0.3, -0.25) is 0 Å². The molecule has 0 spiro atoms. The second-order valence-corrected chi connectivity index (χ2v) is 3.90. The van der Waals surface area contributed by atoms with Crippen molar-refractivity contribution in [2.75, 3.05) is 0 Å². The van der Waals surface area contributed by atoms with Crippen molar-refractivity contribution >= 4 is 0 Å². The lowest BCUT2D eigenvalue weighted by Gasteiger charge is -2.07. The van der Waals surface area contributed by atoms with Crippen LogP contribution < -0.4 is 0 Å². The van der Waals surface area contributed by atoms with Crippen LogP contribution in [-0.4, -0.2) is 0 Å². The summed E-state index contributed by atoms with van der Waals surface area (Å²) >= 11 is 0. The van der Waals surface area contributed by atoms with Gasteiger partial charge in [-0.15, -0.1) is 6.42 Å². The van der Waals surface area contributed by atoms with Crippen molar-refractivity contribution in [3.63, 3.8) is 0 Å². The molecule has 0 amide bonds. The Bertz CT molecular complexity index is 530. The van der Waals surface area contributed by atoms with Gasteiger partial charge in [-0.05, 0) is 36.1 Å². The van der Waals surface area contributed by atoms with Gasteiger partial charge in [0.1, 0.15) is 0 Å². The summed E-state index contributed by atoms with van der Waals surface area (Å²) in [7, 11) is 0. The van der Waals surface area contributed by atoms with Crippen LogP contribution in [0.2, 0.25) is 0 Å². The molecule has 0 saturated heterocycles. The van der Waals surface area contributed by atoms with Crippen molar-refractivity contribution in [1.29, 1.82) is 0 Å². The van der Waals surface area contributed by atoms with Gasteiger partial charge in [-0.1, -0.05) is 48.4 Å². The van der Waals surface area contributed by atoms with E-state index < -0.39 is 0 Å². The minimum absolute atomic E-state index is 0.910. The molecule has 0 atom stereocenters. The number of terminal acetylenes is 1. The zero-order chi connectivity index (χ0) is 11.4. The SMILES string of the molecule is C#Cc1ccccc1Cc1ccccc1C. The summed E-state index contributed by atoms with van der Waals surface area (Å²) in [5.74, 6) is 2.74. The van der Waals surface area contributed by atoms with Gasteiger partial charge in [-0.25, -0.2) is 0 Å². The molecule has 0 aliphatic carbocycles. The molecule has 0 heterocycles. The molecule has 2 aromatic carbocycles. The molecule has 0 aromatic heterocycles. The first kappa shape index (κ1) is 10.5. The highest BCUT2D eigenvalue weighted by atomic mass is 14.1. The van der Waals surface area contributed by atoms with Gasteiger partial charge < -0.3 is 0 Å². The Morgan fingerprint density at radius 3 is 2.25 bits per heavy atom. The van der Waals surface area contributed by atoms with E-state index in [0.717, 1.165) is 12.0 Å². The third kappa shape index (κ3) is 2.15. The molecule has 0 aliphatic rings. The first-order chi connectivity index (χ1) is 7.81. The number of hydrogen-bond donors (Lipinski definition) is 0. The first-order valence-corrected chi connectivity index (χ1v) is 5.40. The molecule has 2 aromatic rings. The Morgan fingerprint density at radius 1 is 0.938 bits per heavy atom. The lowest BCUT2D eigenvalue weighted by atomic mass is 9.97. The average molecular weight is 206 g/mol. The van der Waals surface area contributed by atoms with Crippen molar-refractivity contribution in [1.82, 2.24) is 0 Å². The van der Waals surface area contributed by atoms with Crippen molar-refractivity contribution in [3.05, 3.63) is 70.8 Å². The maximum absolute atomic E-state index is 5.49. The van der Waals surface area contributed by atoms with Gasteiger partial charge in [0.15, 0.2) is 0 Å². The van der Waals surface area contributed by atoms with E-state index in [2.05, 4.69) is 43.2 Å². The van der Waals surface area contributed by atoms with E-state index in [1.807, 2.05) is 18.2 Å². The number of benzene rings is 2. The van der Waals surface area contributed by atoms with Gasteiger partial charge in [0.25, 0.3) is 0 Å². The van der Waals surface area contributed by atoms with Crippen LogP contribution in [0.4, 0.5) is 0 Å². The van der Waals surface area contributed by atoms with Crippen LogP contribution in [0.15, 0.2) is 48.5 Å². The van der Waals surface area contributed by atoms with E-state index in [1.165, 1.54) is 16.7 Å². The van der Waals surface area contributed by atoms with Crippen LogP contribution in [0.1, 0.15) is 22.3 Å². The Kier molecular flexibility index (Phi) is 3.08. The quantitative estimate of drug-likeness (QED) is 0.659. The van der Waals surface area contributed by atoms with Crippen molar-refractivity contribution in [2.24, 2.45) is 0 Å². The van der Waals surface area contributed by atoms with Crippen LogP contribution in [0.25, 0.3) is 0 Å². The van der Waals surface area contributed by atoms with Gasteiger partial charge in [-0.2, -0.15) is 0 Å². The highest BCUT2D eigenvalue weighted by Gasteiger charge is 2.02. The molecule has 0 bridgehead atoms. The first-order valence-electron chi connectivity index (χ1n) is 5.40. The maximum Gasteiger partial charge on any atom is 0.0277 e. The summed E-state index contributed by atoms with van der Waals surface area (Å²) in [5, 5.41) is 0.